The van der Waals surface area contributed by atoms with Crippen molar-refractivity contribution in [2.24, 2.45) is 0 Å². The first-order valence-corrected chi connectivity index (χ1v) is 4.20. The molecule has 13 heavy (non-hydrogen) atoms. The van der Waals surface area contributed by atoms with Crippen molar-refractivity contribution in [1.29, 1.82) is 0 Å². The van der Waals surface area contributed by atoms with Crippen LogP contribution in [0.5, 0.6) is 0 Å². The molecule has 5 nitrogen and oxygen atoms in total. The fourth-order valence-corrected chi connectivity index (χ4v) is 0.531. The minimum absolute atomic E-state index is 0.0458. The van der Waals surface area contributed by atoms with Gasteiger partial charge in [0, 0.05) is 6.04 Å². The second kappa shape index (κ2) is 5.04. The van der Waals surface area contributed by atoms with Crippen LogP contribution in [0.1, 0.15) is 27.7 Å². The third-order valence-electron chi connectivity index (χ3n) is 1.09. The summed E-state index contributed by atoms with van der Waals surface area (Å²) in [6.07, 6.45) is -0.548. The molecular weight excluding hydrogens is 172 g/mol. The van der Waals surface area contributed by atoms with Gasteiger partial charge in [-0.15, -0.1) is 0 Å². The summed E-state index contributed by atoms with van der Waals surface area (Å²) in [5.41, 5.74) is 4.39. The zero-order chi connectivity index (χ0) is 10.5. The molecule has 3 N–H and O–H groups in total. The third-order valence-corrected chi connectivity index (χ3v) is 1.09. The molecule has 0 rings (SSSR count). The van der Waals surface area contributed by atoms with Crippen LogP contribution >= 0.6 is 0 Å². The Morgan fingerprint density at radius 2 is 2.08 bits per heavy atom. The molecule has 1 unspecified atom stereocenters. The van der Waals surface area contributed by atoms with Gasteiger partial charge in [0.15, 0.2) is 0 Å². The van der Waals surface area contributed by atoms with E-state index >= 15 is 0 Å². The number of nitrogens with one attached hydrogen (secondary N) is 2. The first kappa shape index (κ1) is 12.2. The zero-order valence-corrected chi connectivity index (χ0v) is 8.55. The molecule has 1 amide bonds. The highest BCUT2D eigenvalue weighted by Crippen LogP contribution is 2.05. The number of ether oxygens (including phenoxy) is 1. The van der Waals surface area contributed by atoms with Crippen LogP contribution < -0.4 is 10.9 Å². The molecule has 0 saturated carbocycles. The Balaban J connectivity index is 3.64. The summed E-state index contributed by atoms with van der Waals surface area (Å²) < 4.78 is 4.94. The average molecular weight is 190 g/mol. The first-order chi connectivity index (χ1) is 5.85. The van der Waals surface area contributed by atoms with Crippen molar-refractivity contribution in [3.05, 3.63) is 0 Å². The topological polar surface area (TPSA) is 70.6 Å². The van der Waals surface area contributed by atoms with Gasteiger partial charge in [0.2, 0.25) is 0 Å². The molecule has 0 fully saturated rings. The van der Waals surface area contributed by atoms with E-state index in [2.05, 4.69) is 10.9 Å². The fraction of sp³-hybridized carbons (Fsp3) is 0.875. The van der Waals surface area contributed by atoms with Gasteiger partial charge < -0.3 is 9.84 Å². The minimum atomic E-state index is -0.548. The molecule has 0 saturated heterocycles. The lowest BCUT2D eigenvalue weighted by atomic mass is 10.2. The van der Waals surface area contributed by atoms with Crippen molar-refractivity contribution in [1.82, 2.24) is 10.9 Å². The maximum atomic E-state index is 11.0. The molecule has 0 aromatic rings. The predicted molar refractivity (Wildman–Crippen MR) is 49.1 cm³/mol. The summed E-state index contributed by atoms with van der Waals surface area (Å²) >= 11 is 0. The number of aliphatic hydroxyl groups is 1. The number of hydrogen-bond donors (Lipinski definition) is 3. The predicted octanol–water partition coefficient (Wildman–Crippen LogP) is 0.396. The van der Waals surface area contributed by atoms with E-state index in [4.69, 9.17) is 9.84 Å². The Morgan fingerprint density at radius 3 is 2.46 bits per heavy atom. The van der Waals surface area contributed by atoms with Gasteiger partial charge in [0.1, 0.15) is 5.60 Å². The highest BCUT2D eigenvalue weighted by atomic mass is 16.6. The largest absolute Gasteiger partial charge is 0.443 e. The maximum Gasteiger partial charge on any atom is 0.422 e. The van der Waals surface area contributed by atoms with E-state index < -0.39 is 11.7 Å². The van der Waals surface area contributed by atoms with Crippen LogP contribution in [0.3, 0.4) is 0 Å². The smallest absolute Gasteiger partial charge is 0.422 e. The number of carbonyl (C=O) groups is 1. The maximum absolute atomic E-state index is 11.0. The molecule has 0 bridgehead atoms. The average Bonchev–Trinajstić information content (AvgIpc) is 1.97. The Morgan fingerprint density at radius 1 is 1.54 bits per heavy atom. The molecule has 1 atom stereocenters. The van der Waals surface area contributed by atoms with Crippen molar-refractivity contribution in [2.45, 2.75) is 39.3 Å². The minimum Gasteiger partial charge on any atom is -0.443 e. The van der Waals surface area contributed by atoms with Gasteiger partial charge in [-0.1, -0.05) is 0 Å². The molecule has 0 spiro atoms. The van der Waals surface area contributed by atoms with Gasteiger partial charge in [-0.3, -0.25) is 5.43 Å². The lowest BCUT2D eigenvalue weighted by Gasteiger charge is -2.20. The van der Waals surface area contributed by atoms with Crippen molar-refractivity contribution in [2.75, 3.05) is 6.61 Å². The molecule has 5 heteroatoms. The molecule has 0 radical (unpaired) electrons. The van der Waals surface area contributed by atoms with Crippen LogP contribution in [0.4, 0.5) is 4.79 Å². The van der Waals surface area contributed by atoms with Crippen LogP contribution in [-0.4, -0.2) is 29.4 Å². The van der Waals surface area contributed by atoms with E-state index in [1.165, 1.54) is 0 Å². The Kier molecular flexibility index (Phi) is 4.72. The van der Waals surface area contributed by atoms with E-state index in [1.807, 2.05) is 0 Å². The van der Waals surface area contributed by atoms with Crippen molar-refractivity contribution >= 4 is 6.09 Å². The standard InChI is InChI=1S/C8H18N2O3/c1-6(5-11)9-10-7(12)13-8(2,3)4/h6,9,11H,5H2,1-4H3,(H,10,12). The number of amides is 1. The monoisotopic (exact) mass is 190 g/mol. The molecule has 0 aliphatic rings. The van der Waals surface area contributed by atoms with E-state index in [0.29, 0.717) is 0 Å². The zero-order valence-electron chi connectivity index (χ0n) is 8.55. The molecule has 0 aromatic heterocycles. The van der Waals surface area contributed by atoms with Gasteiger partial charge in [0.25, 0.3) is 0 Å². The quantitative estimate of drug-likeness (QED) is 0.563. The van der Waals surface area contributed by atoms with E-state index in [9.17, 15) is 4.79 Å². The van der Waals surface area contributed by atoms with Crippen LogP contribution in [0, 0.1) is 0 Å². The number of hydrogen-bond acceptors (Lipinski definition) is 4. The molecule has 0 aliphatic heterocycles. The summed E-state index contributed by atoms with van der Waals surface area (Å²) in [4.78, 5) is 11.0. The lowest BCUT2D eigenvalue weighted by Crippen LogP contribution is -2.46. The van der Waals surface area contributed by atoms with Gasteiger partial charge >= 0.3 is 6.09 Å². The Labute approximate surface area is 78.4 Å². The molecule has 0 aliphatic carbocycles. The molecule has 78 valence electrons. The Bertz CT molecular complexity index is 165. The number of hydrazine groups is 1. The third kappa shape index (κ3) is 7.55. The summed E-state index contributed by atoms with van der Waals surface area (Å²) in [6, 6.07) is -0.187. The van der Waals surface area contributed by atoms with Crippen molar-refractivity contribution in [3.8, 4) is 0 Å². The summed E-state index contributed by atoms with van der Waals surface area (Å²) in [5, 5.41) is 8.63. The summed E-state index contributed by atoms with van der Waals surface area (Å²) in [6.45, 7) is 7.03. The van der Waals surface area contributed by atoms with Crippen LogP contribution in [-0.2, 0) is 4.74 Å². The SMILES string of the molecule is CC(CO)NNC(=O)OC(C)(C)C. The van der Waals surface area contributed by atoms with E-state index in [1.54, 1.807) is 27.7 Å². The molecule has 0 heterocycles. The van der Waals surface area contributed by atoms with Gasteiger partial charge in [-0.25, -0.2) is 10.2 Å². The van der Waals surface area contributed by atoms with Crippen LogP contribution in [0.15, 0.2) is 0 Å². The van der Waals surface area contributed by atoms with E-state index in [0.717, 1.165) is 0 Å². The van der Waals surface area contributed by atoms with Crippen molar-refractivity contribution < 1.29 is 14.6 Å². The van der Waals surface area contributed by atoms with Gasteiger partial charge in [-0.05, 0) is 27.7 Å². The normalized spacial score (nSPS) is 13.6. The van der Waals surface area contributed by atoms with Gasteiger partial charge in [-0.2, -0.15) is 0 Å². The Hall–Kier alpha value is -0.810. The highest BCUT2D eigenvalue weighted by Gasteiger charge is 2.15. The van der Waals surface area contributed by atoms with Crippen molar-refractivity contribution in [3.63, 3.8) is 0 Å². The molecular formula is C8H18N2O3. The second-order valence-corrected chi connectivity index (χ2v) is 3.85. The van der Waals surface area contributed by atoms with E-state index in [-0.39, 0.29) is 12.6 Å². The summed E-state index contributed by atoms with van der Waals surface area (Å²) in [7, 11) is 0. The lowest BCUT2D eigenvalue weighted by molar-refractivity contribution is 0.0482. The van der Waals surface area contributed by atoms with Gasteiger partial charge in [0.05, 0.1) is 6.61 Å². The highest BCUT2D eigenvalue weighted by molar-refractivity contribution is 5.66. The molecule has 0 aromatic carbocycles. The van der Waals surface area contributed by atoms with Crippen LogP contribution in [0.2, 0.25) is 0 Å². The number of aliphatic hydroxyl groups excluding tert-OH is 1. The number of rotatable bonds is 3. The second-order valence-electron chi connectivity index (χ2n) is 3.85. The number of carbonyl (C=O) groups excluding carboxylic acids is 1. The van der Waals surface area contributed by atoms with Crippen LogP contribution in [0.25, 0.3) is 0 Å². The fourth-order valence-electron chi connectivity index (χ4n) is 0.531. The first-order valence-electron chi connectivity index (χ1n) is 4.20. The summed E-state index contributed by atoms with van der Waals surface area (Å²) in [5.74, 6) is 0.